The second-order valence-corrected chi connectivity index (χ2v) is 4.64. The van der Waals surface area contributed by atoms with Crippen molar-refractivity contribution in [1.29, 1.82) is 0 Å². The van der Waals surface area contributed by atoms with E-state index in [1.54, 1.807) is 24.3 Å². The summed E-state index contributed by atoms with van der Waals surface area (Å²) in [7, 11) is 0. The number of furan rings is 1. The minimum Gasteiger partial charge on any atom is -0.464 e. The van der Waals surface area contributed by atoms with Gasteiger partial charge in [-0.3, -0.25) is 0 Å². The Morgan fingerprint density at radius 2 is 1.91 bits per heavy atom. The summed E-state index contributed by atoms with van der Waals surface area (Å²) in [5.74, 6) is 0.115. The van der Waals surface area contributed by atoms with Crippen LogP contribution < -0.4 is 5.73 Å². The van der Waals surface area contributed by atoms with E-state index >= 15 is 0 Å². The van der Waals surface area contributed by atoms with E-state index in [9.17, 15) is 13.2 Å². The molecule has 0 aliphatic rings. The average Bonchev–Trinajstić information content (AvgIpc) is 3.15. The predicted molar refractivity (Wildman–Crippen MR) is 74.2 cm³/mol. The number of benzene rings is 1. The van der Waals surface area contributed by atoms with Crippen LogP contribution in [0.3, 0.4) is 0 Å². The van der Waals surface area contributed by atoms with E-state index < -0.39 is 11.9 Å². The van der Waals surface area contributed by atoms with E-state index in [-0.39, 0.29) is 17.9 Å². The van der Waals surface area contributed by atoms with Gasteiger partial charge in [0.1, 0.15) is 5.76 Å². The van der Waals surface area contributed by atoms with Crippen LogP contribution in [0.4, 0.5) is 13.2 Å². The van der Waals surface area contributed by atoms with E-state index in [1.165, 1.54) is 29.3 Å². The van der Waals surface area contributed by atoms with E-state index in [4.69, 9.17) is 10.2 Å². The van der Waals surface area contributed by atoms with Crippen LogP contribution in [-0.4, -0.2) is 9.78 Å². The molecule has 7 heteroatoms. The Kier molecular flexibility index (Phi) is 3.50. The van der Waals surface area contributed by atoms with Crippen LogP contribution in [0.2, 0.25) is 0 Å². The Morgan fingerprint density at radius 3 is 2.55 bits per heavy atom. The van der Waals surface area contributed by atoms with Crippen molar-refractivity contribution in [3.05, 3.63) is 60.1 Å². The molecule has 3 aromatic rings. The molecule has 0 aliphatic heterocycles. The minimum atomic E-state index is -4.58. The van der Waals surface area contributed by atoms with Gasteiger partial charge < -0.3 is 10.2 Å². The van der Waals surface area contributed by atoms with E-state index in [0.717, 1.165) is 0 Å². The maximum atomic E-state index is 13.2. The van der Waals surface area contributed by atoms with Crippen molar-refractivity contribution < 1.29 is 17.6 Å². The smallest absolute Gasteiger partial charge is 0.435 e. The fourth-order valence-corrected chi connectivity index (χ4v) is 2.23. The Hall–Kier alpha value is -2.54. The summed E-state index contributed by atoms with van der Waals surface area (Å²) in [6.45, 7) is 0.202. The van der Waals surface area contributed by atoms with Crippen LogP contribution in [0.5, 0.6) is 0 Å². The van der Waals surface area contributed by atoms with Gasteiger partial charge in [-0.25, -0.2) is 4.68 Å². The quantitative estimate of drug-likeness (QED) is 0.804. The van der Waals surface area contributed by atoms with E-state index in [2.05, 4.69) is 5.10 Å². The molecule has 4 nitrogen and oxygen atoms in total. The van der Waals surface area contributed by atoms with Crippen molar-refractivity contribution in [3.63, 3.8) is 0 Å². The van der Waals surface area contributed by atoms with Crippen molar-refractivity contribution >= 4 is 0 Å². The molecule has 2 heterocycles. The number of nitrogens with zero attached hydrogens (tertiary/aromatic N) is 2. The van der Waals surface area contributed by atoms with Gasteiger partial charge in [-0.15, -0.1) is 0 Å². The molecule has 0 spiro atoms. The third-order valence-corrected chi connectivity index (χ3v) is 3.23. The van der Waals surface area contributed by atoms with Crippen LogP contribution in [0.25, 0.3) is 17.0 Å². The Labute approximate surface area is 124 Å². The lowest BCUT2D eigenvalue weighted by atomic mass is 10.1. The molecule has 0 saturated carbocycles. The van der Waals surface area contributed by atoms with Gasteiger partial charge in [0.2, 0.25) is 0 Å². The van der Waals surface area contributed by atoms with Crippen molar-refractivity contribution in [3.8, 4) is 17.0 Å². The van der Waals surface area contributed by atoms with Crippen molar-refractivity contribution in [1.82, 2.24) is 9.78 Å². The lowest BCUT2D eigenvalue weighted by Gasteiger charge is -2.07. The third kappa shape index (κ3) is 2.50. The molecule has 114 valence electrons. The van der Waals surface area contributed by atoms with Gasteiger partial charge in [0.05, 0.1) is 17.5 Å². The molecule has 0 fully saturated rings. The molecule has 3 rings (SSSR count). The van der Waals surface area contributed by atoms with Crippen molar-refractivity contribution in [2.45, 2.75) is 12.7 Å². The van der Waals surface area contributed by atoms with Gasteiger partial charge in [-0.2, -0.15) is 18.3 Å². The number of para-hydroxylation sites is 1. The van der Waals surface area contributed by atoms with Crippen molar-refractivity contribution in [2.75, 3.05) is 0 Å². The number of alkyl halides is 3. The molecular weight excluding hydrogens is 295 g/mol. The first-order valence-electron chi connectivity index (χ1n) is 6.50. The summed E-state index contributed by atoms with van der Waals surface area (Å²) in [5, 5.41) is 3.69. The Balaban J connectivity index is 2.19. The normalized spacial score (nSPS) is 11.8. The first-order chi connectivity index (χ1) is 10.5. The second-order valence-electron chi connectivity index (χ2n) is 4.64. The van der Waals surface area contributed by atoms with Crippen molar-refractivity contribution in [2.24, 2.45) is 5.73 Å². The highest BCUT2D eigenvalue weighted by molar-refractivity contribution is 5.61. The molecular formula is C15H12F3N3O. The summed E-state index contributed by atoms with van der Waals surface area (Å²) in [6, 6.07) is 9.90. The maximum absolute atomic E-state index is 13.2. The third-order valence-electron chi connectivity index (χ3n) is 3.23. The number of nitrogens with two attached hydrogens (primary N) is 1. The molecule has 0 unspecified atom stereocenters. The number of hydrogen-bond donors (Lipinski definition) is 1. The highest BCUT2D eigenvalue weighted by Crippen LogP contribution is 2.37. The number of rotatable bonds is 3. The molecule has 0 amide bonds. The summed E-state index contributed by atoms with van der Waals surface area (Å²) < 4.78 is 45.9. The molecule has 2 aromatic heterocycles. The number of hydrogen-bond acceptors (Lipinski definition) is 3. The second kappa shape index (κ2) is 5.34. The fraction of sp³-hybridized carbons (Fsp3) is 0.133. The van der Waals surface area contributed by atoms with Gasteiger partial charge in [0.25, 0.3) is 0 Å². The molecule has 0 saturated heterocycles. The highest BCUT2D eigenvalue weighted by atomic mass is 19.4. The summed E-state index contributed by atoms with van der Waals surface area (Å²) in [5.41, 5.74) is 5.74. The van der Waals surface area contributed by atoms with Gasteiger partial charge in [-0.1, -0.05) is 18.2 Å². The minimum absolute atomic E-state index is 0.107. The Morgan fingerprint density at radius 1 is 1.14 bits per heavy atom. The zero-order chi connectivity index (χ0) is 15.7. The number of halogens is 3. The topological polar surface area (TPSA) is 57.0 Å². The van der Waals surface area contributed by atoms with Crippen LogP contribution >= 0.6 is 0 Å². The molecule has 0 aliphatic carbocycles. The average molecular weight is 307 g/mol. The van der Waals surface area contributed by atoms with Crippen LogP contribution in [0.15, 0.2) is 53.3 Å². The predicted octanol–water partition coefficient (Wildman–Crippen LogP) is 3.61. The van der Waals surface area contributed by atoms with E-state index in [1.807, 2.05) is 0 Å². The molecule has 1 aromatic carbocycles. The monoisotopic (exact) mass is 307 g/mol. The van der Waals surface area contributed by atoms with Crippen LogP contribution in [0, 0.1) is 0 Å². The first kappa shape index (κ1) is 14.4. The lowest BCUT2D eigenvalue weighted by molar-refractivity contribution is -0.140. The van der Waals surface area contributed by atoms with Gasteiger partial charge >= 0.3 is 6.18 Å². The summed E-state index contributed by atoms with van der Waals surface area (Å²) in [6.07, 6.45) is -1.96. The highest BCUT2D eigenvalue weighted by Gasteiger charge is 2.38. The molecule has 0 atom stereocenters. The van der Waals surface area contributed by atoms with Crippen LogP contribution in [0.1, 0.15) is 11.3 Å². The Bertz CT molecular complexity index is 776. The summed E-state index contributed by atoms with van der Waals surface area (Å²) in [4.78, 5) is 0. The first-order valence-corrected chi connectivity index (χ1v) is 6.50. The lowest BCUT2D eigenvalue weighted by Crippen LogP contribution is -2.09. The molecule has 0 radical (unpaired) electrons. The van der Waals surface area contributed by atoms with Gasteiger partial charge in [-0.05, 0) is 23.8 Å². The standard InChI is InChI=1S/C15H12F3N3O/c16-15(17,18)14-11(13-6-3-7-22-13)9-21(20-14)12-5-2-1-4-10(12)8-19/h1-7,9H,8,19H2. The molecule has 2 N–H and O–H groups in total. The van der Waals surface area contributed by atoms with E-state index in [0.29, 0.717) is 11.3 Å². The summed E-state index contributed by atoms with van der Waals surface area (Å²) >= 11 is 0. The maximum Gasteiger partial charge on any atom is 0.435 e. The number of aromatic nitrogens is 2. The zero-order valence-corrected chi connectivity index (χ0v) is 11.3. The van der Waals surface area contributed by atoms with Gasteiger partial charge in [0, 0.05) is 12.7 Å². The van der Waals surface area contributed by atoms with Crippen LogP contribution in [-0.2, 0) is 12.7 Å². The zero-order valence-electron chi connectivity index (χ0n) is 11.3. The van der Waals surface area contributed by atoms with Gasteiger partial charge in [0.15, 0.2) is 5.69 Å². The SMILES string of the molecule is NCc1ccccc1-n1cc(-c2ccco2)c(C(F)(F)F)n1. The molecule has 0 bridgehead atoms. The largest absolute Gasteiger partial charge is 0.464 e. The fourth-order valence-electron chi connectivity index (χ4n) is 2.23. The molecule has 22 heavy (non-hydrogen) atoms.